The molecule has 4 aromatic carbocycles. The van der Waals surface area contributed by atoms with Crippen molar-refractivity contribution in [1.82, 2.24) is 9.80 Å². The highest BCUT2D eigenvalue weighted by atomic mass is 35.5. The van der Waals surface area contributed by atoms with Crippen molar-refractivity contribution in [3.63, 3.8) is 0 Å². The van der Waals surface area contributed by atoms with E-state index in [1.807, 2.05) is 42.5 Å². The van der Waals surface area contributed by atoms with Gasteiger partial charge in [-0.2, -0.15) is 0 Å². The number of ether oxygens (including phenoxy) is 1. The van der Waals surface area contributed by atoms with Crippen LogP contribution in [0.4, 0.5) is 11.4 Å². The van der Waals surface area contributed by atoms with E-state index in [1.165, 1.54) is 55.8 Å². The van der Waals surface area contributed by atoms with E-state index in [0.29, 0.717) is 39.3 Å². The van der Waals surface area contributed by atoms with Crippen LogP contribution in [0.2, 0.25) is 10.0 Å². The number of rotatable bonds is 5. The molecule has 0 spiro atoms. The summed E-state index contributed by atoms with van der Waals surface area (Å²) in [6, 6.07) is 20.4. The molecule has 0 fully saturated rings. The molecule has 8 rings (SSSR count). The van der Waals surface area contributed by atoms with Crippen LogP contribution in [0.3, 0.4) is 0 Å². The number of benzene rings is 4. The molecule has 0 amide bonds. The number of methoxy groups -OCH3 is 1. The Morgan fingerprint density at radius 3 is 1.79 bits per heavy atom. The molecule has 2 aliphatic heterocycles. The van der Waals surface area contributed by atoms with Crippen molar-refractivity contribution in [2.45, 2.75) is 62.4 Å². The van der Waals surface area contributed by atoms with Gasteiger partial charge in [-0.15, -0.1) is 0 Å². The van der Waals surface area contributed by atoms with Gasteiger partial charge in [-0.25, -0.2) is 16.8 Å². The molecule has 0 saturated heterocycles. The van der Waals surface area contributed by atoms with E-state index in [4.69, 9.17) is 27.9 Å². The smallest absolute Gasteiger partial charge is 0.231 e. The Morgan fingerprint density at radius 1 is 0.714 bits per heavy atom. The average Bonchev–Trinajstić information content (AvgIpc) is 3.37. The zero-order chi connectivity index (χ0) is 40.3. The number of sulfonamides is 2. The second kappa shape index (κ2) is 15.7. The fraction of sp³-hybridized carbons (Fsp3) is 0.429. The van der Waals surface area contributed by atoms with Crippen molar-refractivity contribution in [1.29, 1.82) is 0 Å². The molecule has 0 bridgehead atoms. The molecular weight excluding hydrogens is 792 g/mol. The summed E-state index contributed by atoms with van der Waals surface area (Å²) in [4.78, 5) is 4.84. The summed E-state index contributed by atoms with van der Waals surface area (Å²) in [5.41, 5.74) is 11.0. The summed E-state index contributed by atoms with van der Waals surface area (Å²) in [5, 5.41) is 11.3. The summed E-state index contributed by atoms with van der Waals surface area (Å²) in [5.74, 6) is 1.16. The van der Waals surface area contributed by atoms with Crippen molar-refractivity contribution in [3.05, 3.63) is 115 Å². The highest BCUT2D eigenvalue weighted by molar-refractivity contribution is 7.92. The lowest BCUT2D eigenvalue weighted by Gasteiger charge is -2.38. The van der Waals surface area contributed by atoms with E-state index < -0.39 is 20.0 Å². The molecule has 2 aliphatic carbocycles. The monoisotopic (exact) mass is 840 g/mol. The molecular formula is C42H50Cl2N4O6S2. The molecule has 0 aromatic heterocycles. The van der Waals surface area contributed by atoms with Crippen molar-refractivity contribution >= 4 is 54.6 Å². The second-order valence-corrected chi connectivity index (χ2v) is 20.3. The van der Waals surface area contributed by atoms with Gasteiger partial charge in [0.25, 0.3) is 0 Å². The molecule has 14 heteroatoms. The predicted octanol–water partition coefficient (Wildman–Crippen LogP) is 7.03. The lowest BCUT2D eigenvalue weighted by molar-refractivity contribution is 0.214. The third-order valence-electron chi connectivity index (χ3n) is 12.2. The lowest BCUT2D eigenvalue weighted by Crippen LogP contribution is -2.39. The molecule has 2 heterocycles. The Hall–Kier alpha value is -3.52. The van der Waals surface area contributed by atoms with Gasteiger partial charge in [-0.3, -0.25) is 9.03 Å². The lowest BCUT2D eigenvalue weighted by atomic mass is 9.74. The number of aromatic hydroxyl groups is 1. The summed E-state index contributed by atoms with van der Waals surface area (Å²) in [7, 11) is 0.972. The summed E-state index contributed by atoms with van der Waals surface area (Å²) >= 11 is 12.6. The van der Waals surface area contributed by atoms with Gasteiger partial charge in [0.15, 0.2) is 0 Å². The van der Waals surface area contributed by atoms with Crippen molar-refractivity contribution in [3.8, 4) is 11.5 Å². The quantitative estimate of drug-likeness (QED) is 0.220. The van der Waals surface area contributed by atoms with E-state index in [9.17, 15) is 21.9 Å². The highest BCUT2D eigenvalue weighted by Gasteiger charge is 2.39. The highest BCUT2D eigenvalue weighted by Crippen LogP contribution is 2.47. The second-order valence-electron chi connectivity index (χ2n) is 15.7. The minimum absolute atomic E-state index is 0.115. The fourth-order valence-corrected chi connectivity index (χ4v) is 10.8. The maximum Gasteiger partial charge on any atom is 0.231 e. The third kappa shape index (κ3) is 8.11. The number of likely N-dealkylation sites (N-methyl/N-ethyl adjacent to an activating group) is 2. The predicted molar refractivity (Wildman–Crippen MR) is 226 cm³/mol. The fourth-order valence-electron chi connectivity index (χ4n) is 9.28. The molecule has 4 aromatic rings. The normalized spacial score (nSPS) is 21.9. The number of phenols is 1. The first kappa shape index (κ1) is 40.7. The first-order valence-corrected chi connectivity index (χ1v) is 23.4. The van der Waals surface area contributed by atoms with Gasteiger partial charge in [0.1, 0.15) is 11.5 Å². The van der Waals surface area contributed by atoms with Crippen molar-refractivity contribution in [2.24, 2.45) is 0 Å². The molecule has 0 saturated carbocycles. The van der Waals surface area contributed by atoms with Gasteiger partial charge >= 0.3 is 0 Å². The average molecular weight is 842 g/mol. The number of hydrogen-bond donors (Lipinski definition) is 2. The van der Waals surface area contributed by atoms with Crippen LogP contribution in [-0.4, -0.2) is 97.7 Å². The summed E-state index contributed by atoms with van der Waals surface area (Å²) in [6.45, 7) is 1.93. The summed E-state index contributed by atoms with van der Waals surface area (Å²) < 4.78 is 56.5. The van der Waals surface area contributed by atoms with E-state index in [0.717, 1.165) is 57.2 Å². The minimum atomic E-state index is -3.30. The van der Waals surface area contributed by atoms with Crippen LogP contribution in [-0.2, 0) is 45.7 Å². The third-order valence-corrected chi connectivity index (χ3v) is 14.6. The van der Waals surface area contributed by atoms with E-state index in [-0.39, 0.29) is 17.6 Å². The Balaban J connectivity index is 0.000000172. The first-order valence-electron chi connectivity index (χ1n) is 18.9. The molecule has 10 nitrogen and oxygen atoms in total. The van der Waals surface area contributed by atoms with Gasteiger partial charge < -0.3 is 19.6 Å². The Morgan fingerprint density at radius 2 is 1.23 bits per heavy atom. The summed E-state index contributed by atoms with van der Waals surface area (Å²) in [6.07, 6.45) is 8.08. The number of halogens is 2. The standard InChI is InChI=1S/2C21H25ClN2O3S/c1-24-9-8-14-11-18(22)20(27-2)12-17(14)21-16-6-5-15(23-28(3,25)26)10-13(16)4-7-19(21)24;1-23-9-8-14-11-18(22)20(25)12-17(14)21-16-6-5-15(24(2)28(3,26)27)10-13(16)4-7-19(21)23/h5-6,10-12,19,21,23H,4,7-9H2,1-3H3;5-6,10-12,19,21,25H,4,7-9H2,1-3H3/t2*19-,21+/m00/s1. The molecule has 4 aliphatic rings. The maximum atomic E-state index is 11.9. The van der Waals surface area contributed by atoms with E-state index >= 15 is 0 Å². The van der Waals surface area contributed by atoms with E-state index in [1.54, 1.807) is 14.2 Å². The van der Waals surface area contributed by atoms with Crippen LogP contribution in [0.25, 0.3) is 0 Å². The van der Waals surface area contributed by atoms with Gasteiger partial charge in [-0.1, -0.05) is 35.3 Å². The van der Waals surface area contributed by atoms with Gasteiger partial charge in [0.05, 0.1) is 35.4 Å². The SMILES string of the molecule is CN1CCc2cc(Cl)c(O)cc2[C@H]2c3ccc(N(C)S(C)(=O)=O)cc3CC[C@@H]21.COc1cc2c(cc1Cl)CCN(C)[C@H]1CCc3cc(NS(C)(=O)=O)ccc3[C@H]21. The van der Waals surface area contributed by atoms with Crippen LogP contribution >= 0.6 is 23.2 Å². The Kier molecular flexibility index (Phi) is 11.4. The largest absolute Gasteiger partial charge is 0.506 e. The number of anilines is 2. The van der Waals surface area contributed by atoms with Crippen LogP contribution in [0.1, 0.15) is 69.2 Å². The molecule has 300 valence electrons. The van der Waals surface area contributed by atoms with Crippen molar-refractivity contribution in [2.75, 3.05) is 62.9 Å². The number of aryl methyl sites for hydroxylation is 2. The zero-order valence-electron chi connectivity index (χ0n) is 32.6. The zero-order valence-corrected chi connectivity index (χ0v) is 35.8. The number of fused-ring (bicyclic) bond motifs is 10. The van der Waals surface area contributed by atoms with Crippen LogP contribution in [0.5, 0.6) is 11.5 Å². The number of nitrogens with zero attached hydrogens (tertiary/aromatic N) is 3. The first-order chi connectivity index (χ1) is 26.4. The van der Waals surface area contributed by atoms with Crippen LogP contribution < -0.4 is 13.8 Å². The number of nitrogens with one attached hydrogen (secondary N) is 1. The number of phenolic OH excluding ortho intramolecular Hbond substituents is 1. The van der Waals surface area contributed by atoms with Gasteiger partial charge in [0, 0.05) is 49.7 Å². The van der Waals surface area contributed by atoms with Crippen LogP contribution in [0, 0.1) is 0 Å². The molecule has 0 radical (unpaired) electrons. The van der Waals surface area contributed by atoms with Crippen molar-refractivity contribution < 1.29 is 26.7 Å². The molecule has 2 N–H and O–H groups in total. The number of hydrogen-bond acceptors (Lipinski definition) is 8. The molecule has 4 atom stereocenters. The van der Waals surface area contributed by atoms with Gasteiger partial charge in [-0.05, 0) is 146 Å². The molecule has 0 unspecified atom stereocenters. The Labute approximate surface area is 341 Å². The topological polar surface area (TPSA) is 119 Å². The molecule has 56 heavy (non-hydrogen) atoms. The minimum Gasteiger partial charge on any atom is -0.506 e. The van der Waals surface area contributed by atoms with Crippen LogP contribution in [0.15, 0.2) is 60.7 Å². The maximum absolute atomic E-state index is 11.9. The van der Waals surface area contributed by atoms with E-state index in [2.05, 4.69) is 46.8 Å². The Bertz CT molecular complexity index is 2390. The van der Waals surface area contributed by atoms with Gasteiger partial charge in [0.2, 0.25) is 20.0 Å².